The molecule has 5 heteroatoms. The van der Waals surface area contributed by atoms with Crippen molar-refractivity contribution in [2.75, 3.05) is 0 Å². The molecule has 0 aromatic rings. The van der Waals surface area contributed by atoms with Crippen molar-refractivity contribution in [3.8, 4) is 0 Å². The molecule has 0 spiro atoms. The Morgan fingerprint density at radius 3 is 2.42 bits per heavy atom. The summed E-state index contributed by atoms with van der Waals surface area (Å²) in [4.78, 5) is 10.4. The van der Waals surface area contributed by atoms with E-state index in [1.54, 1.807) is 6.92 Å². The van der Waals surface area contributed by atoms with Gasteiger partial charge < -0.3 is 10.8 Å². The zero-order valence-electron chi connectivity index (χ0n) is 7.28. The van der Waals surface area contributed by atoms with Crippen LogP contribution in [0.5, 0.6) is 0 Å². The van der Waals surface area contributed by atoms with Gasteiger partial charge in [0, 0.05) is 4.75 Å². The standard InChI is InChI=1S/C7H15NO2S.ClH/c1-3-4-7(2,11)5(8)6(9)10;/h5,11H,3-4,8H2,1-2H3,(H,9,10);1H. The maximum Gasteiger partial charge on any atom is 0.321 e. The molecule has 0 rings (SSSR count). The summed E-state index contributed by atoms with van der Waals surface area (Å²) >= 11 is 4.20. The smallest absolute Gasteiger partial charge is 0.321 e. The number of halogens is 1. The summed E-state index contributed by atoms with van der Waals surface area (Å²) in [5.41, 5.74) is 5.40. The Morgan fingerprint density at radius 1 is 1.75 bits per heavy atom. The van der Waals surface area contributed by atoms with Crippen LogP contribution in [0.25, 0.3) is 0 Å². The summed E-state index contributed by atoms with van der Waals surface area (Å²) in [5, 5.41) is 8.57. The van der Waals surface area contributed by atoms with Gasteiger partial charge in [0.2, 0.25) is 0 Å². The lowest BCUT2D eigenvalue weighted by Crippen LogP contribution is -2.47. The van der Waals surface area contributed by atoms with Crippen LogP contribution in [0, 0.1) is 0 Å². The third kappa shape index (κ3) is 4.18. The molecule has 0 aliphatic carbocycles. The fourth-order valence-corrected chi connectivity index (χ4v) is 1.26. The number of nitrogens with two attached hydrogens (primary N) is 1. The van der Waals surface area contributed by atoms with Crippen LogP contribution in [-0.4, -0.2) is 21.9 Å². The van der Waals surface area contributed by atoms with Gasteiger partial charge in [0.25, 0.3) is 0 Å². The molecule has 0 bridgehead atoms. The van der Waals surface area contributed by atoms with Gasteiger partial charge >= 0.3 is 5.97 Å². The Morgan fingerprint density at radius 2 is 2.17 bits per heavy atom. The van der Waals surface area contributed by atoms with E-state index in [9.17, 15) is 4.79 Å². The van der Waals surface area contributed by atoms with Gasteiger partial charge in [0.05, 0.1) is 0 Å². The van der Waals surface area contributed by atoms with Crippen molar-refractivity contribution < 1.29 is 9.90 Å². The van der Waals surface area contributed by atoms with E-state index < -0.39 is 16.8 Å². The number of carbonyl (C=O) groups is 1. The number of thiol groups is 1. The largest absolute Gasteiger partial charge is 0.480 e. The first kappa shape index (κ1) is 14.6. The summed E-state index contributed by atoms with van der Waals surface area (Å²) in [6.07, 6.45) is 1.60. The average Bonchev–Trinajstić information content (AvgIpc) is 1.86. The fraction of sp³-hybridized carbons (Fsp3) is 0.857. The van der Waals surface area contributed by atoms with Gasteiger partial charge in [0.1, 0.15) is 6.04 Å². The molecule has 0 amide bonds. The van der Waals surface area contributed by atoms with Gasteiger partial charge in [-0.15, -0.1) is 12.4 Å². The fourth-order valence-electron chi connectivity index (χ4n) is 0.928. The van der Waals surface area contributed by atoms with E-state index in [1.807, 2.05) is 6.92 Å². The maximum atomic E-state index is 10.4. The third-order valence-electron chi connectivity index (χ3n) is 1.69. The highest BCUT2D eigenvalue weighted by molar-refractivity contribution is 7.81. The molecule has 0 aliphatic heterocycles. The summed E-state index contributed by atoms with van der Waals surface area (Å²) in [5.74, 6) is -0.990. The van der Waals surface area contributed by atoms with E-state index in [0.29, 0.717) is 6.42 Å². The molecule has 12 heavy (non-hydrogen) atoms. The summed E-state index contributed by atoms with van der Waals surface area (Å²) in [6.45, 7) is 3.72. The molecule has 0 saturated heterocycles. The Bertz CT molecular complexity index is 152. The highest BCUT2D eigenvalue weighted by Gasteiger charge is 2.31. The third-order valence-corrected chi connectivity index (χ3v) is 2.19. The topological polar surface area (TPSA) is 63.3 Å². The quantitative estimate of drug-likeness (QED) is 0.617. The van der Waals surface area contributed by atoms with E-state index in [-0.39, 0.29) is 12.4 Å². The Balaban J connectivity index is 0. The Labute approximate surface area is 84.5 Å². The molecular formula is C7H16ClNO2S. The van der Waals surface area contributed by atoms with E-state index in [0.717, 1.165) is 6.42 Å². The van der Waals surface area contributed by atoms with Crippen LogP contribution in [0.2, 0.25) is 0 Å². The van der Waals surface area contributed by atoms with Crippen molar-refractivity contribution in [1.29, 1.82) is 0 Å². The number of carboxylic acid groups (broad SMARTS) is 1. The molecule has 0 radical (unpaired) electrons. The zero-order valence-corrected chi connectivity index (χ0v) is 8.99. The normalized spacial score (nSPS) is 17.3. The van der Waals surface area contributed by atoms with Crippen LogP contribution in [0.1, 0.15) is 26.7 Å². The van der Waals surface area contributed by atoms with E-state index in [1.165, 1.54) is 0 Å². The van der Waals surface area contributed by atoms with Crippen molar-refractivity contribution in [2.24, 2.45) is 5.73 Å². The lowest BCUT2D eigenvalue weighted by molar-refractivity contribution is -0.139. The minimum atomic E-state index is -0.990. The minimum absolute atomic E-state index is 0. The van der Waals surface area contributed by atoms with Crippen molar-refractivity contribution >= 4 is 31.0 Å². The Kier molecular flexibility index (Phi) is 6.89. The first-order valence-electron chi connectivity index (χ1n) is 3.62. The second-order valence-electron chi connectivity index (χ2n) is 2.92. The molecule has 0 aromatic heterocycles. The summed E-state index contributed by atoms with van der Waals surface area (Å²) in [7, 11) is 0. The molecule has 0 aliphatic rings. The van der Waals surface area contributed by atoms with Crippen LogP contribution in [0.3, 0.4) is 0 Å². The van der Waals surface area contributed by atoms with Gasteiger partial charge in [-0.05, 0) is 13.3 Å². The van der Waals surface area contributed by atoms with Crippen LogP contribution < -0.4 is 5.73 Å². The second-order valence-corrected chi connectivity index (χ2v) is 3.94. The summed E-state index contributed by atoms with van der Waals surface area (Å²) < 4.78 is -0.597. The monoisotopic (exact) mass is 213 g/mol. The molecule has 3 nitrogen and oxygen atoms in total. The lowest BCUT2D eigenvalue weighted by Gasteiger charge is -2.26. The maximum absolute atomic E-state index is 10.4. The summed E-state index contributed by atoms with van der Waals surface area (Å²) in [6, 6.07) is -0.884. The predicted octanol–water partition coefficient (Wildman–Crippen LogP) is 1.31. The van der Waals surface area contributed by atoms with Crippen LogP contribution in [0.4, 0.5) is 0 Å². The van der Waals surface area contributed by atoms with Gasteiger partial charge in [-0.3, -0.25) is 4.79 Å². The van der Waals surface area contributed by atoms with Gasteiger partial charge in [-0.2, -0.15) is 12.6 Å². The van der Waals surface area contributed by atoms with E-state index >= 15 is 0 Å². The van der Waals surface area contributed by atoms with Gasteiger partial charge in [0.15, 0.2) is 0 Å². The molecular weight excluding hydrogens is 198 g/mol. The predicted molar refractivity (Wildman–Crippen MR) is 55.2 cm³/mol. The molecule has 2 atom stereocenters. The van der Waals surface area contributed by atoms with Gasteiger partial charge in [-0.25, -0.2) is 0 Å². The van der Waals surface area contributed by atoms with E-state index in [2.05, 4.69) is 12.6 Å². The highest BCUT2D eigenvalue weighted by Crippen LogP contribution is 2.23. The van der Waals surface area contributed by atoms with E-state index in [4.69, 9.17) is 10.8 Å². The molecule has 74 valence electrons. The molecule has 0 heterocycles. The van der Waals surface area contributed by atoms with Crippen molar-refractivity contribution in [3.63, 3.8) is 0 Å². The zero-order chi connectivity index (χ0) is 9.07. The number of rotatable bonds is 4. The number of hydrogen-bond donors (Lipinski definition) is 3. The van der Waals surface area contributed by atoms with Crippen molar-refractivity contribution in [3.05, 3.63) is 0 Å². The van der Waals surface area contributed by atoms with Crippen LogP contribution >= 0.6 is 25.0 Å². The van der Waals surface area contributed by atoms with Crippen molar-refractivity contribution in [1.82, 2.24) is 0 Å². The molecule has 0 aromatic carbocycles. The Hall–Kier alpha value is 0.0700. The van der Waals surface area contributed by atoms with Crippen LogP contribution in [0.15, 0.2) is 0 Å². The minimum Gasteiger partial charge on any atom is -0.480 e. The molecule has 0 saturated carbocycles. The first-order chi connectivity index (χ1) is 4.91. The molecule has 3 N–H and O–H groups in total. The lowest BCUT2D eigenvalue weighted by atomic mass is 9.96. The molecule has 0 fully saturated rings. The average molecular weight is 214 g/mol. The van der Waals surface area contributed by atoms with Gasteiger partial charge in [-0.1, -0.05) is 13.3 Å². The molecule has 2 unspecified atom stereocenters. The van der Waals surface area contributed by atoms with Crippen LogP contribution in [-0.2, 0) is 4.79 Å². The number of carboxylic acids is 1. The number of aliphatic carboxylic acids is 1. The van der Waals surface area contributed by atoms with Crippen molar-refractivity contribution in [2.45, 2.75) is 37.5 Å². The SMILES string of the molecule is CCCC(C)(S)C(N)C(=O)O.Cl. The second kappa shape index (κ2) is 5.67. The number of hydrogen-bond acceptors (Lipinski definition) is 3. The first-order valence-corrected chi connectivity index (χ1v) is 4.07. The highest BCUT2D eigenvalue weighted by atomic mass is 35.5.